The van der Waals surface area contributed by atoms with Gasteiger partial charge in [0.15, 0.2) is 5.65 Å². The van der Waals surface area contributed by atoms with Crippen LogP contribution in [0.3, 0.4) is 0 Å². The maximum Gasteiger partial charge on any atom is 0.159 e. The standard InChI is InChI=1S/C13H20N4/c1-2-3-4-10-17-12(7-8-14)16-11-6-5-9-15-13(11)17/h5-6,9H,2-4,7-8,10,14H2,1H3. The molecule has 2 aromatic heterocycles. The first-order valence-electron chi connectivity index (χ1n) is 6.37. The Morgan fingerprint density at radius 1 is 1.35 bits per heavy atom. The van der Waals surface area contributed by atoms with E-state index in [4.69, 9.17) is 5.73 Å². The zero-order chi connectivity index (χ0) is 12.1. The first kappa shape index (κ1) is 12.0. The Hall–Kier alpha value is -1.42. The van der Waals surface area contributed by atoms with Crippen molar-refractivity contribution >= 4 is 11.2 Å². The maximum absolute atomic E-state index is 5.63. The lowest BCUT2D eigenvalue weighted by atomic mass is 10.2. The van der Waals surface area contributed by atoms with E-state index in [2.05, 4.69) is 21.5 Å². The SMILES string of the molecule is CCCCCn1c(CCN)nc2cccnc21. The number of aryl methyl sites for hydroxylation is 1. The number of nitrogens with two attached hydrogens (primary N) is 1. The lowest BCUT2D eigenvalue weighted by molar-refractivity contribution is 0.588. The van der Waals surface area contributed by atoms with E-state index >= 15 is 0 Å². The molecular weight excluding hydrogens is 212 g/mol. The van der Waals surface area contributed by atoms with Crippen LogP contribution in [0.5, 0.6) is 0 Å². The number of aromatic nitrogens is 3. The minimum absolute atomic E-state index is 0.636. The minimum Gasteiger partial charge on any atom is -0.330 e. The van der Waals surface area contributed by atoms with Gasteiger partial charge in [-0.3, -0.25) is 0 Å². The number of pyridine rings is 1. The monoisotopic (exact) mass is 232 g/mol. The summed E-state index contributed by atoms with van der Waals surface area (Å²) in [5.41, 5.74) is 7.60. The summed E-state index contributed by atoms with van der Waals surface area (Å²) in [6.07, 6.45) is 6.30. The first-order valence-corrected chi connectivity index (χ1v) is 6.37. The molecule has 0 amide bonds. The van der Waals surface area contributed by atoms with Gasteiger partial charge < -0.3 is 10.3 Å². The molecule has 0 atom stereocenters. The largest absolute Gasteiger partial charge is 0.330 e. The molecule has 0 aliphatic carbocycles. The first-order chi connectivity index (χ1) is 8.36. The van der Waals surface area contributed by atoms with Gasteiger partial charge in [-0.05, 0) is 25.1 Å². The number of rotatable bonds is 6. The molecule has 17 heavy (non-hydrogen) atoms. The molecule has 0 spiro atoms. The lowest BCUT2D eigenvalue weighted by Gasteiger charge is -2.07. The van der Waals surface area contributed by atoms with Crippen molar-refractivity contribution in [2.75, 3.05) is 6.54 Å². The summed E-state index contributed by atoms with van der Waals surface area (Å²) in [6.45, 7) is 3.85. The fraction of sp³-hybridized carbons (Fsp3) is 0.538. The van der Waals surface area contributed by atoms with Crippen LogP contribution in [0.15, 0.2) is 18.3 Å². The van der Waals surface area contributed by atoms with Crippen LogP contribution in [0.1, 0.15) is 32.0 Å². The highest BCUT2D eigenvalue weighted by Gasteiger charge is 2.09. The second-order valence-corrected chi connectivity index (χ2v) is 4.27. The van der Waals surface area contributed by atoms with Gasteiger partial charge in [-0.25, -0.2) is 9.97 Å². The van der Waals surface area contributed by atoms with Crippen LogP contribution in [-0.2, 0) is 13.0 Å². The van der Waals surface area contributed by atoms with Crippen LogP contribution in [-0.4, -0.2) is 21.1 Å². The zero-order valence-corrected chi connectivity index (χ0v) is 10.4. The number of nitrogens with zero attached hydrogens (tertiary/aromatic N) is 3. The minimum atomic E-state index is 0.636. The Balaban J connectivity index is 2.30. The summed E-state index contributed by atoms with van der Waals surface area (Å²) >= 11 is 0. The average molecular weight is 232 g/mol. The molecule has 0 bridgehead atoms. The summed E-state index contributed by atoms with van der Waals surface area (Å²) in [5, 5.41) is 0. The molecule has 0 fully saturated rings. The van der Waals surface area contributed by atoms with Crippen molar-refractivity contribution in [1.29, 1.82) is 0 Å². The number of fused-ring (bicyclic) bond motifs is 1. The van der Waals surface area contributed by atoms with Gasteiger partial charge in [0.25, 0.3) is 0 Å². The molecule has 92 valence electrons. The number of hydrogen-bond donors (Lipinski definition) is 1. The third kappa shape index (κ3) is 2.64. The van der Waals surface area contributed by atoms with Gasteiger partial charge in [0.1, 0.15) is 11.3 Å². The normalized spacial score (nSPS) is 11.2. The third-order valence-electron chi connectivity index (χ3n) is 2.94. The smallest absolute Gasteiger partial charge is 0.159 e. The van der Waals surface area contributed by atoms with Crippen molar-refractivity contribution in [2.24, 2.45) is 5.73 Å². The van der Waals surface area contributed by atoms with Crippen LogP contribution < -0.4 is 5.73 Å². The van der Waals surface area contributed by atoms with Gasteiger partial charge >= 0.3 is 0 Å². The fourth-order valence-corrected chi connectivity index (χ4v) is 2.08. The van der Waals surface area contributed by atoms with Crippen LogP contribution in [0.2, 0.25) is 0 Å². The molecule has 2 heterocycles. The van der Waals surface area contributed by atoms with E-state index < -0.39 is 0 Å². The number of unbranched alkanes of at least 4 members (excludes halogenated alkanes) is 2. The predicted octanol–water partition coefficient (Wildman–Crippen LogP) is 2.12. The van der Waals surface area contributed by atoms with Crippen LogP contribution in [0, 0.1) is 0 Å². The van der Waals surface area contributed by atoms with Gasteiger partial charge in [-0.2, -0.15) is 0 Å². The summed E-state index contributed by atoms with van der Waals surface area (Å²) < 4.78 is 2.22. The number of imidazole rings is 1. The molecule has 0 saturated carbocycles. The highest BCUT2D eigenvalue weighted by Crippen LogP contribution is 2.15. The van der Waals surface area contributed by atoms with E-state index in [0.29, 0.717) is 6.54 Å². The summed E-state index contributed by atoms with van der Waals surface area (Å²) in [6, 6.07) is 3.94. The third-order valence-corrected chi connectivity index (χ3v) is 2.94. The molecule has 0 aromatic carbocycles. The van der Waals surface area contributed by atoms with Crippen molar-refractivity contribution in [2.45, 2.75) is 39.2 Å². The Kier molecular flexibility index (Phi) is 4.09. The van der Waals surface area contributed by atoms with Crippen molar-refractivity contribution in [3.05, 3.63) is 24.2 Å². The van der Waals surface area contributed by atoms with Gasteiger partial charge in [-0.15, -0.1) is 0 Å². The van der Waals surface area contributed by atoms with E-state index in [1.165, 1.54) is 19.3 Å². The highest BCUT2D eigenvalue weighted by atomic mass is 15.1. The van der Waals surface area contributed by atoms with E-state index in [1.807, 2.05) is 18.3 Å². The molecule has 0 aliphatic rings. The zero-order valence-electron chi connectivity index (χ0n) is 10.4. The fourth-order valence-electron chi connectivity index (χ4n) is 2.08. The van der Waals surface area contributed by atoms with E-state index in [-0.39, 0.29) is 0 Å². The quantitative estimate of drug-likeness (QED) is 0.776. The van der Waals surface area contributed by atoms with Gasteiger partial charge in [0.05, 0.1) is 0 Å². The molecule has 0 radical (unpaired) electrons. The van der Waals surface area contributed by atoms with Gasteiger partial charge in [0, 0.05) is 19.2 Å². The maximum atomic E-state index is 5.63. The summed E-state index contributed by atoms with van der Waals surface area (Å²) in [4.78, 5) is 9.02. The number of hydrogen-bond acceptors (Lipinski definition) is 3. The predicted molar refractivity (Wildman–Crippen MR) is 69.8 cm³/mol. The van der Waals surface area contributed by atoms with E-state index in [0.717, 1.165) is 30.0 Å². The van der Waals surface area contributed by atoms with Crippen LogP contribution in [0.4, 0.5) is 0 Å². The molecule has 0 aliphatic heterocycles. The van der Waals surface area contributed by atoms with Crippen molar-refractivity contribution < 1.29 is 0 Å². The van der Waals surface area contributed by atoms with Crippen molar-refractivity contribution in [3.8, 4) is 0 Å². The molecule has 2 N–H and O–H groups in total. The van der Waals surface area contributed by atoms with Gasteiger partial charge in [-0.1, -0.05) is 19.8 Å². The van der Waals surface area contributed by atoms with Crippen molar-refractivity contribution in [1.82, 2.24) is 14.5 Å². The molecule has 2 aromatic rings. The molecule has 4 nitrogen and oxygen atoms in total. The highest BCUT2D eigenvalue weighted by molar-refractivity contribution is 5.71. The second-order valence-electron chi connectivity index (χ2n) is 4.27. The Morgan fingerprint density at radius 3 is 3.00 bits per heavy atom. The molecule has 4 heteroatoms. The molecule has 0 saturated heterocycles. The molecule has 2 rings (SSSR count). The Bertz CT molecular complexity index is 475. The molecular formula is C13H20N4. The topological polar surface area (TPSA) is 56.7 Å². The summed E-state index contributed by atoms with van der Waals surface area (Å²) in [5.74, 6) is 1.07. The van der Waals surface area contributed by atoms with Crippen LogP contribution in [0.25, 0.3) is 11.2 Å². The molecule has 0 unspecified atom stereocenters. The Morgan fingerprint density at radius 2 is 2.24 bits per heavy atom. The van der Waals surface area contributed by atoms with E-state index in [9.17, 15) is 0 Å². The van der Waals surface area contributed by atoms with Crippen molar-refractivity contribution in [3.63, 3.8) is 0 Å². The van der Waals surface area contributed by atoms with Crippen LogP contribution >= 0.6 is 0 Å². The Labute approximate surface area is 102 Å². The van der Waals surface area contributed by atoms with Gasteiger partial charge in [0.2, 0.25) is 0 Å². The average Bonchev–Trinajstić information content (AvgIpc) is 2.69. The lowest BCUT2D eigenvalue weighted by Crippen LogP contribution is -2.10. The van der Waals surface area contributed by atoms with E-state index in [1.54, 1.807) is 0 Å². The summed E-state index contributed by atoms with van der Waals surface area (Å²) in [7, 11) is 0. The second kappa shape index (κ2) is 5.77.